The van der Waals surface area contributed by atoms with Gasteiger partial charge >= 0.3 is 0 Å². The van der Waals surface area contributed by atoms with Gasteiger partial charge < -0.3 is 25.0 Å². The van der Waals surface area contributed by atoms with Crippen LogP contribution in [0.15, 0.2) is 4.99 Å². The van der Waals surface area contributed by atoms with E-state index in [0.717, 1.165) is 5.17 Å². The van der Waals surface area contributed by atoms with Crippen LogP contribution in [-0.4, -0.2) is 65.4 Å². The zero-order valence-electron chi connectivity index (χ0n) is 10.0. The van der Waals surface area contributed by atoms with Crippen LogP contribution in [0.5, 0.6) is 0 Å². The first-order valence-electron chi connectivity index (χ1n) is 5.53. The van der Waals surface area contributed by atoms with E-state index in [1.54, 1.807) is 14.2 Å². The topological polar surface area (TPSA) is 83.3 Å². The van der Waals surface area contributed by atoms with Crippen LogP contribution in [0.2, 0.25) is 0 Å². The minimum Gasteiger partial charge on any atom is -0.388 e. The van der Waals surface area contributed by atoms with Crippen molar-refractivity contribution in [2.24, 2.45) is 4.99 Å². The van der Waals surface area contributed by atoms with E-state index in [-0.39, 0.29) is 17.6 Å². The van der Waals surface area contributed by atoms with Gasteiger partial charge in [-0.2, -0.15) is 0 Å². The zero-order valence-corrected chi connectivity index (χ0v) is 10.8. The van der Waals surface area contributed by atoms with Gasteiger partial charge in [-0.1, -0.05) is 11.8 Å². The van der Waals surface area contributed by atoms with Gasteiger partial charge in [0, 0.05) is 14.2 Å². The number of aliphatic hydroxyl groups is 2. The molecule has 98 valence electrons. The number of aliphatic imine (C=N–C) groups is 1. The van der Waals surface area contributed by atoms with Gasteiger partial charge in [-0.05, 0) is 6.92 Å². The van der Waals surface area contributed by atoms with E-state index in [4.69, 9.17) is 9.47 Å². The maximum atomic E-state index is 10.1. The lowest BCUT2D eigenvalue weighted by atomic mass is 9.95. The van der Waals surface area contributed by atoms with Crippen molar-refractivity contribution in [1.29, 1.82) is 0 Å². The summed E-state index contributed by atoms with van der Waals surface area (Å²) in [6.07, 6.45) is -2.65. The van der Waals surface area contributed by atoms with Crippen LogP contribution in [0.4, 0.5) is 0 Å². The van der Waals surface area contributed by atoms with Gasteiger partial charge in [0.25, 0.3) is 0 Å². The second-order valence-electron chi connectivity index (χ2n) is 4.21. The van der Waals surface area contributed by atoms with Gasteiger partial charge in [0.2, 0.25) is 0 Å². The van der Waals surface area contributed by atoms with E-state index in [1.165, 1.54) is 11.8 Å². The van der Waals surface area contributed by atoms with E-state index in [9.17, 15) is 10.2 Å². The lowest BCUT2D eigenvalue weighted by Gasteiger charge is -2.40. The molecule has 6 nitrogen and oxygen atoms in total. The maximum Gasteiger partial charge on any atom is 0.159 e. The second-order valence-corrected chi connectivity index (χ2v) is 5.29. The standard InChI is InChI=1S/C10H18N2O4S/c1-4(15-3)8-7(14)6(13)5-9(16-8)17-10(11-2)12-5/h4-9,13-14H,1-3H3,(H,11,12). The molecule has 2 saturated heterocycles. The fourth-order valence-corrected chi connectivity index (χ4v) is 3.16. The number of aliphatic hydroxyl groups excluding tert-OH is 2. The Kier molecular flexibility index (Phi) is 3.94. The number of nitrogens with zero attached hydrogens (tertiary/aromatic N) is 1. The maximum absolute atomic E-state index is 10.1. The molecule has 0 radical (unpaired) electrons. The largest absolute Gasteiger partial charge is 0.388 e. The molecule has 7 heteroatoms. The Morgan fingerprint density at radius 1 is 1.47 bits per heavy atom. The van der Waals surface area contributed by atoms with Crippen molar-refractivity contribution >= 4 is 16.9 Å². The van der Waals surface area contributed by atoms with Crippen molar-refractivity contribution in [2.75, 3.05) is 14.2 Å². The van der Waals surface area contributed by atoms with Crippen LogP contribution in [0.3, 0.4) is 0 Å². The summed E-state index contributed by atoms with van der Waals surface area (Å²) in [5.41, 5.74) is -0.241. The molecule has 2 heterocycles. The summed E-state index contributed by atoms with van der Waals surface area (Å²) >= 11 is 1.42. The highest BCUT2D eigenvalue weighted by Crippen LogP contribution is 2.34. The molecule has 0 aromatic rings. The molecule has 0 spiro atoms. The number of hydrogen-bond acceptors (Lipinski definition) is 6. The lowest BCUT2D eigenvalue weighted by Crippen LogP contribution is -2.61. The van der Waals surface area contributed by atoms with E-state index >= 15 is 0 Å². The highest BCUT2D eigenvalue weighted by atomic mass is 32.2. The molecule has 0 aromatic carbocycles. The molecule has 2 aliphatic rings. The molecule has 6 atom stereocenters. The number of nitrogens with one attached hydrogen (secondary N) is 1. The summed E-state index contributed by atoms with van der Waals surface area (Å²) in [5.74, 6) is 0. The fraction of sp³-hybridized carbons (Fsp3) is 0.900. The SMILES string of the molecule is CN=C1NC2C(OC(C(C)OC)C(O)C2O)S1. The summed E-state index contributed by atoms with van der Waals surface area (Å²) in [7, 11) is 3.23. The Morgan fingerprint density at radius 2 is 2.18 bits per heavy atom. The number of amidine groups is 1. The minimum absolute atomic E-state index is 0.241. The first-order valence-corrected chi connectivity index (χ1v) is 6.40. The van der Waals surface area contributed by atoms with E-state index in [2.05, 4.69) is 10.3 Å². The third kappa shape index (κ3) is 2.30. The Balaban J connectivity index is 2.13. The van der Waals surface area contributed by atoms with E-state index in [0.29, 0.717) is 0 Å². The van der Waals surface area contributed by atoms with Crippen LogP contribution < -0.4 is 5.32 Å². The second kappa shape index (κ2) is 5.11. The number of fused-ring (bicyclic) bond motifs is 1. The molecule has 2 rings (SSSR count). The van der Waals surface area contributed by atoms with Crippen molar-refractivity contribution in [3.05, 3.63) is 0 Å². The Labute approximate surface area is 104 Å². The molecule has 0 aliphatic carbocycles. The number of methoxy groups -OCH3 is 1. The number of hydrogen-bond donors (Lipinski definition) is 3. The Morgan fingerprint density at radius 3 is 2.76 bits per heavy atom. The van der Waals surface area contributed by atoms with E-state index < -0.39 is 18.3 Å². The summed E-state index contributed by atoms with van der Waals surface area (Å²) in [5, 5.41) is 23.8. The highest BCUT2D eigenvalue weighted by Gasteiger charge is 2.50. The van der Waals surface area contributed by atoms with Crippen LogP contribution in [0.25, 0.3) is 0 Å². The summed E-state index contributed by atoms with van der Waals surface area (Å²) < 4.78 is 10.9. The predicted octanol–water partition coefficient (Wildman–Crippen LogP) is -0.841. The van der Waals surface area contributed by atoms with E-state index in [1.807, 2.05) is 6.92 Å². The van der Waals surface area contributed by atoms with Crippen LogP contribution in [-0.2, 0) is 9.47 Å². The molecule has 17 heavy (non-hydrogen) atoms. The van der Waals surface area contributed by atoms with Crippen LogP contribution >= 0.6 is 11.8 Å². The molecule has 0 saturated carbocycles. The van der Waals surface area contributed by atoms with Crippen molar-refractivity contribution in [1.82, 2.24) is 5.32 Å². The van der Waals surface area contributed by atoms with Gasteiger partial charge in [0.1, 0.15) is 23.7 Å². The Bertz CT molecular complexity index is 315. The first kappa shape index (κ1) is 13.1. The fourth-order valence-electron chi connectivity index (χ4n) is 2.07. The molecular weight excluding hydrogens is 244 g/mol. The van der Waals surface area contributed by atoms with Gasteiger partial charge in [0.15, 0.2) is 5.17 Å². The number of ether oxygens (including phenoxy) is 2. The molecule has 0 aromatic heterocycles. The van der Waals surface area contributed by atoms with Crippen molar-refractivity contribution in [2.45, 2.75) is 42.8 Å². The van der Waals surface area contributed by atoms with Gasteiger partial charge in [-0.3, -0.25) is 4.99 Å². The number of rotatable bonds is 2. The summed E-state index contributed by atoms with van der Waals surface area (Å²) in [4.78, 5) is 4.03. The summed E-state index contributed by atoms with van der Waals surface area (Å²) in [6.45, 7) is 1.81. The zero-order chi connectivity index (χ0) is 12.6. The molecule has 6 unspecified atom stereocenters. The molecule has 0 amide bonds. The number of thioether (sulfide) groups is 1. The van der Waals surface area contributed by atoms with Crippen molar-refractivity contribution in [3.63, 3.8) is 0 Å². The van der Waals surface area contributed by atoms with Gasteiger partial charge in [-0.15, -0.1) is 0 Å². The van der Waals surface area contributed by atoms with Crippen molar-refractivity contribution < 1.29 is 19.7 Å². The monoisotopic (exact) mass is 262 g/mol. The Hall–Kier alpha value is -0.340. The van der Waals surface area contributed by atoms with Crippen LogP contribution in [0, 0.1) is 0 Å². The smallest absolute Gasteiger partial charge is 0.159 e. The molecule has 2 fully saturated rings. The van der Waals surface area contributed by atoms with Crippen molar-refractivity contribution in [3.8, 4) is 0 Å². The molecular formula is C10H18N2O4S. The molecule has 3 N–H and O–H groups in total. The average Bonchev–Trinajstić information content (AvgIpc) is 2.76. The normalized spacial score (nSPS) is 45.5. The highest BCUT2D eigenvalue weighted by molar-refractivity contribution is 8.14. The summed E-state index contributed by atoms with van der Waals surface area (Å²) in [6, 6.07) is -0.325. The predicted molar refractivity (Wildman–Crippen MR) is 65.0 cm³/mol. The lowest BCUT2D eigenvalue weighted by molar-refractivity contribution is -0.189. The molecule has 2 aliphatic heterocycles. The van der Waals surface area contributed by atoms with Gasteiger partial charge in [-0.25, -0.2) is 0 Å². The third-order valence-corrected chi connectivity index (χ3v) is 4.35. The minimum atomic E-state index is -0.962. The first-order chi connectivity index (χ1) is 8.08. The van der Waals surface area contributed by atoms with Gasteiger partial charge in [0.05, 0.1) is 12.1 Å². The average molecular weight is 262 g/mol. The third-order valence-electron chi connectivity index (χ3n) is 3.19. The quantitative estimate of drug-likeness (QED) is 0.602. The van der Waals surface area contributed by atoms with Crippen LogP contribution in [0.1, 0.15) is 6.92 Å². The molecule has 0 bridgehead atoms.